The number of nitrogen functional groups attached to an aromatic ring is 1. The largest absolute Gasteiger partial charge is 0.393 e. The van der Waals surface area contributed by atoms with Crippen LogP contribution < -0.4 is 11.1 Å². The summed E-state index contributed by atoms with van der Waals surface area (Å²) in [4.78, 5) is 22.2. The standard InChI is InChI=1S/C13H19N3O3/c1-8(2)7-9(3)15-13(17)10-5-4-6-11(12(10)14)16(18)19/h4-6,8-9H,7,14H2,1-3H3,(H,15,17). The number of nitrogens with zero attached hydrogens (tertiary/aromatic N) is 1. The zero-order valence-electron chi connectivity index (χ0n) is 11.3. The highest BCUT2D eigenvalue weighted by atomic mass is 16.6. The van der Waals surface area contributed by atoms with E-state index in [4.69, 9.17) is 5.73 Å². The second-order valence-electron chi connectivity index (χ2n) is 5.00. The molecule has 6 heteroatoms. The van der Waals surface area contributed by atoms with Crippen LogP contribution in [-0.2, 0) is 0 Å². The van der Waals surface area contributed by atoms with E-state index in [1.54, 1.807) is 0 Å². The third-order valence-corrected chi connectivity index (χ3v) is 2.73. The van der Waals surface area contributed by atoms with E-state index in [1.807, 2.05) is 6.92 Å². The number of amides is 1. The van der Waals surface area contributed by atoms with Crippen molar-refractivity contribution in [3.05, 3.63) is 33.9 Å². The molecule has 3 N–H and O–H groups in total. The van der Waals surface area contributed by atoms with E-state index in [1.165, 1.54) is 18.2 Å². The third kappa shape index (κ3) is 3.94. The lowest BCUT2D eigenvalue weighted by Crippen LogP contribution is -2.34. The normalized spacial score (nSPS) is 12.2. The maximum absolute atomic E-state index is 12.0. The van der Waals surface area contributed by atoms with E-state index in [0.29, 0.717) is 5.92 Å². The van der Waals surface area contributed by atoms with Gasteiger partial charge in [0.2, 0.25) is 0 Å². The zero-order valence-corrected chi connectivity index (χ0v) is 11.3. The number of nitrogens with two attached hydrogens (primary N) is 1. The van der Waals surface area contributed by atoms with Gasteiger partial charge in [0, 0.05) is 12.1 Å². The van der Waals surface area contributed by atoms with Crippen molar-refractivity contribution in [3.8, 4) is 0 Å². The summed E-state index contributed by atoms with van der Waals surface area (Å²) in [5, 5.41) is 13.6. The number of nitro benzene ring substituents is 1. The Labute approximate surface area is 112 Å². The van der Waals surface area contributed by atoms with Gasteiger partial charge in [-0.3, -0.25) is 14.9 Å². The lowest BCUT2D eigenvalue weighted by atomic mass is 10.0. The number of benzene rings is 1. The molecule has 1 aromatic rings. The summed E-state index contributed by atoms with van der Waals surface area (Å²) < 4.78 is 0. The van der Waals surface area contributed by atoms with E-state index in [-0.39, 0.29) is 28.9 Å². The topological polar surface area (TPSA) is 98.3 Å². The molecule has 0 spiro atoms. The molecule has 1 rings (SSSR count). The van der Waals surface area contributed by atoms with E-state index < -0.39 is 4.92 Å². The first-order chi connectivity index (χ1) is 8.82. The summed E-state index contributed by atoms with van der Waals surface area (Å²) >= 11 is 0. The van der Waals surface area contributed by atoms with Crippen LogP contribution in [0.4, 0.5) is 11.4 Å². The summed E-state index contributed by atoms with van der Waals surface area (Å²) in [5.74, 6) is 0.0760. The summed E-state index contributed by atoms with van der Waals surface area (Å²) in [7, 11) is 0. The molecule has 6 nitrogen and oxygen atoms in total. The molecule has 1 unspecified atom stereocenters. The average molecular weight is 265 g/mol. The predicted molar refractivity (Wildman–Crippen MR) is 73.9 cm³/mol. The molecule has 19 heavy (non-hydrogen) atoms. The highest BCUT2D eigenvalue weighted by Crippen LogP contribution is 2.24. The highest BCUT2D eigenvalue weighted by Gasteiger charge is 2.20. The molecule has 0 fully saturated rings. The van der Waals surface area contributed by atoms with Crippen LogP contribution in [0.2, 0.25) is 0 Å². The second kappa shape index (κ2) is 6.17. The Balaban J connectivity index is 2.89. The number of hydrogen-bond acceptors (Lipinski definition) is 4. The maximum Gasteiger partial charge on any atom is 0.292 e. The molecule has 0 aliphatic carbocycles. The number of para-hydroxylation sites is 1. The van der Waals surface area contributed by atoms with E-state index in [9.17, 15) is 14.9 Å². The lowest BCUT2D eigenvalue weighted by molar-refractivity contribution is -0.383. The van der Waals surface area contributed by atoms with Crippen LogP contribution in [0.1, 0.15) is 37.6 Å². The molecule has 104 valence electrons. The van der Waals surface area contributed by atoms with Gasteiger partial charge < -0.3 is 11.1 Å². The van der Waals surface area contributed by atoms with Gasteiger partial charge in [0.05, 0.1) is 10.5 Å². The number of anilines is 1. The molecule has 0 aliphatic rings. The highest BCUT2D eigenvalue weighted by molar-refractivity contribution is 6.01. The first-order valence-corrected chi connectivity index (χ1v) is 6.16. The molecule has 0 saturated carbocycles. The van der Waals surface area contributed by atoms with Crippen molar-refractivity contribution in [1.82, 2.24) is 5.32 Å². The van der Waals surface area contributed by atoms with Crippen molar-refractivity contribution < 1.29 is 9.72 Å². The third-order valence-electron chi connectivity index (χ3n) is 2.73. The van der Waals surface area contributed by atoms with Crippen molar-refractivity contribution in [2.24, 2.45) is 5.92 Å². The summed E-state index contributed by atoms with van der Waals surface area (Å²) in [6, 6.07) is 4.21. The Morgan fingerprint density at radius 1 is 1.42 bits per heavy atom. The molecular formula is C13H19N3O3. The first-order valence-electron chi connectivity index (χ1n) is 6.16. The van der Waals surface area contributed by atoms with Crippen LogP contribution in [0.15, 0.2) is 18.2 Å². The number of nitro groups is 1. The molecule has 0 saturated heterocycles. The molecule has 0 aromatic heterocycles. The van der Waals surface area contributed by atoms with Gasteiger partial charge in [0.25, 0.3) is 11.6 Å². The van der Waals surface area contributed by atoms with Crippen molar-refractivity contribution >= 4 is 17.3 Å². The molecule has 0 bridgehead atoms. The molecule has 1 amide bonds. The molecule has 1 aromatic carbocycles. The van der Waals surface area contributed by atoms with Crippen LogP contribution in [0.25, 0.3) is 0 Å². The number of carbonyl (C=O) groups excluding carboxylic acids is 1. The average Bonchev–Trinajstić information content (AvgIpc) is 2.27. The van der Waals surface area contributed by atoms with Gasteiger partial charge in [0.15, 0.2) is 0 Å². The van der Waals surface area contributed by atoms with Crippen molar-refractivity contribution in [1.29, 1.82) is 0 Å². The number of hydrogen-bond donors (Lipinski definition) is 2. The second-order valence-corrected chi connectivity index (χ2v) is 5.00. The van der Waals surface area contributed by atoms with Gasteiger partial charge in [0.1, 0.15) is 5.69 Å². The van der Waals surface area contributed by atoms with Gasteiger partial charge in [-0.2, -0.15) is 0 Å². The van der Waals surface area contributed by atoms with Crippen LogP contribution in [-0.4, -0.2) is 16.9 Å². The Morgan fingerprint density at radius 2 is 2.05 bits per heavy atom. The summed E-state index contributed by atoms with van der Waals surface area (Å²) in [6.45, 7) is 6.01. The van der Waals surface area contributed by atoms with Gasteiger partial charge in [-0.1, -0.05) is 19.9 Å². The first kappa shape index (κ1) is 14.9. The Hall–Kier alpha value is -2.11. The fraction of sp³-hybridized carbons (Fsp3) is 0.462. The molecule has 1 atom stereocenters. The van der Waals surface area contributed by atoms with Crippen LogP contribution in [0.5, 0.6) is 0 Å². The fourth-order valence-corrected chi connectivity index (χ4v) is 1.98. The predicted octanol–water partition coefficient (Wildman–Crippen LogP) is 2.34. The van der Waals surface area contributed by atoms with Gasteiger partial charge in [-0.25, -0.2) is 0 Å². The molecule has 0 radical (unpaired) electrons. The fourth-order valence-electron chi connectivity index (χ4n) is 1.98. The lowest BCUT2D eigenvalue weighted by Gasteiger charge is -2.16. The minimum absolute atomic E-state index is 0.00818. The Morgan fingerprint density at radius 3 is 2.58 bits per heavy atom. The molecular weight excluding hydrogens is 246 g/mol. The van der Waals surface area contributed by atoms with Crippen LogP contribution in [0.3, 0.4) is 0 Å². The smallest absolute Gasteiger partial charge is 0.292 e. The molecule has 0 aliphatic heterocycles. The van der Waals surface area contributed by atoms with Crippen LogP contribution in [0, 0.1) is 16.0 Å². The van der Waals surface area contributed by atoms with E-state index in [0.717, 1.165) is 6.42 Å². The van der Waals surface area contributed by atoms with Gasteiger partial charge >= 0.3 is 0 Å². The number of rotatable bonds is 5. The van der Waals surface area contributed by atoms with E-state index in [2.05, 4.69) is 19.2 Å². The van der Waals surface area contributed by atoms with Gasteiger partial charge in [-0.15, -0.1) is 0 Å². The van der Waals surface area contributed by atoms with Crippen molar-refractivity contribution in [2.45, 2.75) is 33.2 Å². The van der Waals surface area contributed by atoms with Crippen LogP contribution >= 0.6 is 0 Å². The maximum atomic E-state index is 12.0. The Bertz CT molecular complexity index is 486. The quantitative estimate of drug-likeness (QED) is 0.485. The monoisotopic (exact) mass is 265 g/mol. The molecule has 0 heterocycles. The zero-order chi connectivity index (χ0) is 14.6. The summed E-state index contributed by atoms with van der Waals surface area (Å²) in [5.41, 5.74) is 5.46. The van der Waals surface area contributed by atoms with Crippen molar-refractivity contribution in [2.75, 3.05) is 5.73 Å². The van der Waals surface area contributed by atoms with Crippen molar-refractivity contribution in [3.63, 3.8) is 0 Å². The van der Waals surface area contributed by atoms with Gasteiger partial charge in [-0.05, 0) is 25.3 Å². The Kier molecular flexibility index (Phi) is 4.86. The SMILES string of the molecule is CC(C)CC(C)NC(=O)c1cccc([N+](=O)[O-])c1N. The minimum atomic E-state index is -0.594. The minimum Gasteiger partial charge on any atom is -0.393 e. The summed E-state index contributed by atoms with van der Waals surface area (Å²) in [6.07, 6.45) is 0.834. The number of nitrogens with one attached hydrogen (secondary N) is 1. The number of carbonyl (C=O) groups is 1. The van der Waals surface area contributed by atoms with E-state index >= 15 is 0 Å².